The SMILES string of the molecule is CP(=O)(O)OCCOCCOP(=O)(O)C(F)(F)F. The van der Waals surface area contributed by atoms with E-state index in [1.165, 1.54) is 0 Å². The molecule has 18 heavy (non-hydrogen) atoms. The van der Waals surface area contributed by atoms with Gasteiger partial charge in [0.25, 0.3) is 0 Å². The van der Waals surface area contributed by atoms with Crippen molar-refractivity contribution < 1.29 is 45.9 Å². The lowest BCUT2D eigenvalue weighted by molar-refractivity contribution is -0.0724. The fraction of sp³-hybridized carbons (Fsp3) is 1.00. The highest BCUT2D eigenvalue weighted by Crippen LogP contribution is 2.58. The molecule has 2 atom stereocenters. The minimum atomic E-state index is -5.65. The lowest BCUT2D eigenvalue weighted by Crippen LogP contribution is -2.14. The van der Waals surface area contributed by atoms with Gasteiger partial charge in [0.05, 0.1) is 26.4 Å². The van der Waals surface area contributed by atoms with Crippen LogP contribution in [-0.4, -0.2) is 48.8 Å². The molecule has 0 aliphatic rings. The van der Waals surface area contributed by atoms with Crippen molar-refractivity contribution in [3.63, 3.8) is 0 Å². The van der Waals surface area contributed by atoms with Gasteiger partial charge in [-0.2, -0.15) is 13.2 Å². The molecule has 0 rings (SSSR count). The van der Waals surface area contributed by atoms with Crippen molar-refractivity contribution in [3.05, 3.63) is 0 Å². The van der Waals surface area contributed by atoms with Crippen molar-refractivity contribution >= 4 is 15.2 Å². The Morgan fingerprint density at radius 2 is 1.44 bits per heavy atom. The van der Waals surface area contributed by atoms with Crippen LogP contribution >= 0.6 is 15.2 Å². The van der Waals surface area contributed by atoms with Crippen molar-refractivity contribution in [2.75, 3.05) is 33.1 Å². The van der Waals surface area contributed by atoms with Crippen molar-refractivity contribution in [1.29, 1.82) is 0 Å². The van der Waals surface area contributed by atoms with Crippen LogP contribution in [0, 0.1) is 0 Å². The molecule has 12 heteroatoms. The summed E-state index contributed by atoms with van der Waals surface area (Å²) in [5.74, 6) is -5.33. The van der Waals surface area contributed by atoms with E-state index in [1.807, 2.05) is 0 Å². The van der Waals surface area contributed by atoms with Crippen LogP contribution in [0.1, 0.15) is 0 Å². The topological polar surface area (TPSA) is 102 Å². The number of halogens is 3. The predicted octanol–water partition coefficient (Wildman–Crippen LogP) is 1.56. The third-order valence-corrected chi connectivity index (χ3v) is 3.21. The zero-order valence-electron chi connectivity index (χ0n) is 9.29. The summed E-state index contributed by atoms with van der Waals surface area (Å²) < 4.78 is 69.4. The van der Waals surface area contributed by atoms with E-state index in [0.29, 0.717) is 0 Å². The maximum Gasteiger partial charge on any atom is 0.493 e. The molecule has 0 aliphatic carbocycles. The van der Waals surface area contributed by atoms with Gasteiger partial charge in [0.2, 0.25) is 0 Å². The smallest absolute Gasteiger partial charge is 0.377 e. The average molecular weight is 316 g/mol. The molecule has 110 valence electrons. The standard InChI is InChI=1S/C6H13F3O7P2/c1-17(10,11)15-4-2-14-3-5-16-18(12,13)6(7,8)9/h2-5H2,1H3,(H,10,11)(H,12,13). The molecule has 0 fully saturated rings. The van der Waals surface area contributed by atoms with Crippen LogP contribution in [0.3, 0.4) is 0 Å². The summed E-state index contributed by atoms with van der Waals surface area (Å²) in [6, 6.07) is 0. The van der Waals surface area contributed by atoms with Gasteiger partial charge in [-0.05, 0) is 0 Å². The van der Waals surface area contributed by atoms with Crippen LogP contribution in [0.15, 0.2) is 0 Å². The fourth-order valence-corrected chi connectivity index (χ4v) is 1.54. The van der Waals surface area contributed by atoms with Gasteiger partial charge in [0, 0.05) is 6.66 Å². The molecule has 0 radical (unpaired) electrons. The van der Waals surface area contributed by atoms with Gasteiger partial charge in [0.1, 0.15) is 0 Å². The second kappa shape index (κ2) is 7.00. The molecule has 0 heterocycles. The van der Waals surface area contributed by atoms with Crippen LogP contribution < -0.4 is 0 Å². The molecule has 7 nitrogen and oxygen atoms in total. The van der Waals surface area contributed by atoms with Gasteiger partial charge < -0.3 is 19.0 Å². The van der Waals surface area contributed by atoms with E-state index >= 15 is 0 Å². The summed E-state index contributed by atoms with van der Waals surface area (Å²) in [5.41, 5.74) is 0. The molecule has 0 aromatic rings. The van der Waals surface area contributed by atoms with E-state index in [4.69, 9.17) is 9.79 Å². The molecule has 2 N–H and O–H groups in total. The van der Waals surface area contributed by atoms with E-state index in [9.17, 15) is 22.3 Å². The van der Waals surface area contributed by atoms with Crippen molar-refractivity contribution in [2.45, 2.75) is 5.92 Å². The van der Waals surface area contributed by atoms with E-state index in [-0.39, 0.29) is 19.8 Å². The van der Waals surface area contributed by atoms with E-state index < -0.39 is 27.7 Å². The van der Waals surface area contributed by atoms with Gasteiger partial charge in [0.15, 0.2) is 0 Å². The Hall–Kier alpha value is 0.0500. The summed E-state index contributed by atoms with van der Waals surface area (Å²) in [5, 5.41) is 0. The number of hydrogen-bond donors (Lipinski definition) is 2. The van der Waals surface area contributed by atoms with Gasteiger partial charge >= 0.3 is 21.1 Å². The van der Waals surface area contributed by atoms with E-state index in [2.05, 4.69) is 13.8 Å². The van der Waals surface area contributed by atoms with E-state index in [0.717, 1.165) is 6.66 Å². The molecule has 0 bridgehead atoms. The molecule has 0 aromatic carbocycles. The summed E-state index contributed by atoms with van der Waals surface area (Å²) >= 11 is 0. The second-order valence-electron chi connectivity index (χ2n) is 3.07. The van der Waals surface area contributed by atoms with Crippen molar-refractivity contribution in [2.24, 2.45) is 0 Å². The summed E-state index contributed by atoms with van der Waals surface area (Å²) in [6.45, 7) is -0.565. The maximum atomic E-state index is 11.8. The molecule has 0 amide bonds. The zero-order valence-corrected chi connectivity index (χ0v) is 11.1. The van der Waals surface area contributed by atoms with Crippen molar-refractivity contribution in [1.82, 2.24) is 0 Å². The highest BCUT2D eigenvalue weighted by atomic mass is 31.2. The highest BCUT2D eigenvalue weighted by Gasteiger charge is 2.52. The normalized spacial score (nSPS) is 19.2. The molecular formula is C6H13F3O7P2. The Kier molecular flexibility index (Phi) is 7.02. The Labute approximate surface area is 101 Å². The van der Waals surface area contributed by atoms with Gasteiger partial charge in [-0.25, -0.2) is 0 Å². The number of rotatable bonds is 8. The first-order valence-electron chi connectivity index (χ1n) is 4.52. The lowest BCUT2D eigenvalue weighted by Gasteiger charge is -2.14. The van der Waals surface area contributed by atoms with Crippen LogP contribution in [-0.2, 0) is 22.9 Å². The minimum Gasteiger partial charge on any atom is -0.377 e. The molecule has 0 saturated heterocycles. The fourth-order valence-electron chi connectivity index (χ4n) is 0.661. The molecule has 0 spiro atoms. The van der Waals surface area contributed by atoms with Crippen LogP contribution in [0.4, 0.5) is 13.2 Å². The van der Waals surface area contributed by atoms with Crippen molar-refractivity contribution in [3.8, 4) is 0 Å². The zero-order chi connectivity index (χ0) is 14.4. The molecule has 0 aromatic heterocycles. The van der Waals surface area contributed by atoms with Gasteiger partial charge in [-0.15, -0.1) is 0 Å². The first-order chi connectivity index (χ1) is 7.96. The summed E-state index contributed by atoms with van der Waals surface area (Å²) in [7, 11) is -9.27. The average Bonchev–Trinajstić information content (AvgIpc) is 2.12. The Morgan fingerprint density at radius 1 is 1.00 bits per heavy atom. The minimum absolute atomic E-state index is 0.163. The first kappa shape index (κ1) is 18.0. The molecular weight excluding hydrogens is 303 g/mol. The Balaban J connectivity index is 3.64. The first-order valence-corrected chi connectivity index (χ1v) is 8.12. The monoisotopic (exact) mass is 316 g/mol. The third-order valence-electron chi connectivity index (χ3n) is 1.37. The molecule has 0 aliphatic heterocycles. The number of hydrogen-bond acceptors (Lipinski definition) is 5. The summed E-state index contributed by atoms with van der Waals surface area (Å²) in [6.07, 6.45) is 0. The Bertz CT molecular complexity index is 339. The van der Waals surface area contributed by atoms with Crippen LogP contribution in [0.25, 0.3) is 0 Å². The largest absolute Gasteiger partial charge is 0.493 e. The quantitative estimate of drug-likeness (QED) is 0.517. The van der Waals surface area contributed by atoms with Gasteiger partial charge in [-0.3, -0.25) is 13.7 Å². The van der Waals surface area contributed by atoms with Crippen LogP contribution in [0.2, 0.25) is 0 Å². The lowest BCUT2D eigenvalue weighted by atomic mass is 10.7. The number of alkyl halides is 3. The number of ether oxygens (including phenoxy) is 1. The highest BCUT2D eigenvalue weighted by molar-refractivity contribution is 7.53. The second-order valence-corrected chi connectivity index (χ2v) is 6.74. The van der Waals surface area contributed by atoms with Crippen LogP contribution in [0.5, 0.6) is 0 Å². The van der Waals surface area contributed by atoms with Gasteiger partial charge in [-0.1, -0.05) is 0 Å². The molecule has 0 saturated carbocycles. The van der Waals surface area contributed by atoms with E-state index in [1.54, 1.807) is 0 Å². The summed E-state index contributed by atoms with van der Waals surface area (Å²) in [4.78, 5) is 17.1. The molecule has 2 unspecified atom stereocenters. The predicted molar refractivity (Wildman–Crippen MR) is 54.4 cm³/mol. The Morgan fingerprint density at radius 3 is 1.83 bits per heavy atom. The third kappa shape index (κ3) is 8.20. The maximum absolute atomic E-state index is 11.8.